The molecule has 90 valence electrons. The standard InChI is InChI=1S/C12H16F2IN/c1-3-9-5-4-8(2)11(16)7-6-10(9)12(13,14)15/h5-8H,3-4,16H2,1-2H3/b9-5+,10-6+,11-7-. The van der Waals surface area contributed by atoms with E-state index in [-0.39, 0.29) is 11.5 Å². The maximum Gasteiger partial charge on any atom is 0.321 e. The fourth-order valence-electron chi connectivity index (χ4n) is 1.63. The lowest BCUT2D eigenvalue weighted by Crippen LogP contribution is -2.15. The van der Waals surface area contributed by atoms with Gasteiger partial charge in [0.25, 0.3) is 0 Å². The number of halogens is 3. The molecule has 0 amide bonds. The predicted octanol–water partition coefficient (Wildman–Crippen LogP) is 4.16. The summed E-state index contributed by atoms with van der Waals surface area (Å²) in [6, 6.07) is 0. The first-order valence-corrected chi connectivity index (χ1v) is 6.38. The summed E-state index contributed by atoms with van der Waals surface area (Å²) in [4.78, 5) is 0. The Hall–Kier alpha value is -0.390. The highest BCUT2D eigenvalue weighted by molar-refractivity contribution is 14.1. The summed E-state index contributed by atoms with van der Waals surface area (Å²) in [5, 5.41) is 0. The second-order valence-corrected chi connectivity index (χ2v) is 5.32. The fourth-order valence-corrected chi connectivity index (χ4v) is 2.15. The zero-order valence-corrected chi connectivity index (χ0v) is 11.6. The van der Waals surface area contributed by atoms with Crippen molar-refractivity contribution in [2.75, 3.05) is 0 Å². The Morgan fingerprint density at radius 1 is 1.50 bits per heavy atom. The van der Waals surface area contributed by atoms with Crippen LogP contribution in [0.5, 0.6) is 0 Å². The van der Waals surface area contributed by atoms with Crippen molar-refractivity contribution in [3.63, 3.8) is 0 Å². The van der Waals surface area contributed by atoms with Crippen LogP contribution in [-0.2, 0) is 0 Å². The van der Waals surface area contributed by atoms with E-state index in [9.17, 15) is 8.78 Å². The first-order chi connectivity index (χ1) is 7.36. The van der Waals surface area contributed by atoms with Gasteiger partial charge in [-0.25, -0.2) is 0 Å². The van der Waals surface area contributed by atoms with Gasteiger partial charge in [-0.3, -0.25) is 0 Å². The second kappa shape index (κ2) is 5.29. The van der Waals surface area contributed by atoms with E-state index in [0.29, 0.717) is 12.1 Å². The van der Waals surface area contributed by atoms with Crippen LogP contribution in [0.1, 0.15) is 26.7 Å². The minimum atomic E-state index is -2.84. The van der Waals surface area contributed by atoms with Gasteiger partial charge < -0.3 is 5.73 Å². The second-order valence-electron chi connectivity index (χ2n) is 3.96. The molecule has 0 saturated carbocycles. The zero-order valence-electron chi connectivity index (χ0n) is 9.43. The number of allylic oxidation sites excluding steroid dienone is 6. The summed E-state index contributed by atoms with van der Waals surface area (Å²) < 4.78 is 23.9. The summed E-state index contributed by atoms with van der Waals surface area (Å²) in [7, 11) is 0. The molecule has 1 unspecified atom stereocenters. The van der Waals surface area contributed by atoms with Crippen molar-refractivity contribution < 1.29 is 8.78 Å². The Balaban J connectivity index is 3.18. The number of hydrogen-bond donors (Lipinski definition) is 1. The maximum absolute atomic E-state index is 13.4. The molecule has 0 aromatic heterocycles. The van der Waals surface area contributed by atoms with Gasteiger partial charge in [-0.1, -0.05) is 26.0 Å². The van der Waals surface area contributed by atoms with E-state index in [0.717, 1.165) is 34.6 Å². The van der Waals surface area contributed by atoms with Crippen molar-refractivity contribution in [1.29, 1.82) is 0 Å². The van der Waals surface area contributed by atoms with E-state index in [1.165, 1.54) is 6.08 Å². The molecule has 1 atom stereocenters. The number of alkyl halides is 3. The van der Waals surface area contributed by atoms with Crippen LogP contribution in [0.15, 0.2) is 35.1 Å². The molecule has 0 spiro atoms. The average Bonchev–Trinajstić information content (AvgIpc) is 2.17. The SMILES string of the molecule is CCC1=C\CC(C)/C(N)=C/C=C\1C(F)(F)I. The van der Waals surface area contributed by atoms with Crippen molar-refractivity contribution in [3.8, 4) is 0 Å². The lowest BCUT2D eigenvalue weighted by atomic mass is 9.94. The van der Waals surface area contributed by atoms with Gasteiger partial charge in [-0.05, 0) is 30.4 Å². The van der Waals surface area contributed by atoms with E-state index in [1.54, 1.807) is 6.08 Å². The molecule has 4 heteroatoms. The Labute approximate surface area is 109 Å². The van der Waals surface area contributed by atoms with Crippen molar-refractivity contribution in [2.24, 2.45) is 11.7 Å². The Bertz CT molecular complexity index is 351. The van der Waals surface area contributed by atoms with Crippen molar-refractivity contribution in [2.45, 2.75) is 30.6 Å². The van der Waals surface area contributed by atoms with Crippen LogP contribution >= 0.6 is 22.6 Å². The number of nitrogens with two attached hydrogens (primary N) is 1. The molecule has 0 saturated heterocycles. The van der Waals surface area contributed by atoms with Gasteiger partial charge in [-0.15, -0.1) is 0 Å². The molecular weight excluding hydrogens is 323 g/mol. The fraction of sp³-hybridized carbons (Fsp3) is 0.500. The van der Waals surface area contributed by atoms with Crippen LogP contribution < -0.4 is 5.73 Å². The van der Waals surface area contributed by atoms with Crippen molar-refractivity contribution in [3.05, 3.63) is 35.1 Å². The highest BCUT2D eigenvalue weighted by Gasteiger charge is 2.31. The van der Waals surface area contributed by atoms with Gasteiger partial charge in [-0.2, -0.15) is 8.78 Å². The summed E-state index contributed by atoms with van der Waals surface area (Å²) in [6.07, 6.45) is 6.27. The third-order valence-corrected chi connectivity index (χ3v) is 3.34. The van der Waals surface area contributed by atoms with Gasteiger partial charge in [0.15, 0.2) is 0 Å². The largest absolute Gasteiger partial charge is 0.402 e. The first-order valence-electron chi connectivity index (χ1n) is 5.30. The molecule has 1 aliphatic rings. The molecule has 0 aromatic rings. The van der Waals surface area contributed by atoms with Crippen LogP contribution in [0.4, 0.5) is 8.78 Å². The Morgan fingerprint density at radius 2 is 2.12 bits per heavy atom. The van der Waals surface area contributed by atoms with E-state index in [1.807, 2.05) is 19.9 Å². The molecule has 1 aliphatic carbocycles. The van der Waals surface area contributed by atoms with Crippen LogP contribution in [0, 0.1) is 5.92 Å². The van der Waals surface area contributed by atoms with Crippen LogP contribution in [0.2, 0.25) is 0 Å². The molecule has 0 aromatic carbocycles. The Kier molecular flexibility index (Phi) is 4.52. The van der Waals surface area contributed by atoms with E-state index >= 15 is 0 Å². The molecule has 1 nitrogen and oxygen atoms in total. The van der Waals surface area contributed by atoms with E-state index < -0.39 is 3.93 Å². The molecule has 2 N–H and O–H groups in total. The van der Waals surface area contributed by atoms with Gasteiger partial charge in [0.05, 0.1) is 0 Å². The molecule has 0 radical (unpaired) electrons. The smallest absolute Gasteiger partial charge is 0.321 e. The average molecular weight is 339 g/mol. The lowest BCUT2D eigenvalue weighted by Gasteiger charge is -2.19. The Morgan fingerprint density at radius 3 is 2.62 bits per heavy atom. The quantitative estimate of drug-likeness (QED) is 0.593. The molecule has 16 heavy (non-hydrogen) atoms. The van der Waals surface area contributed by atoms with Crippen LogP contribution in [0.25, 0.3) is 0 Å². The highest BCUT2D eigenvalue weighted by Crippen LogP contribution is 2.38. The summed E-state index contributed by atoms with van der Waals surface area (Å²) in [5.41, 5.74) is 7.23. The maximum atomic E-state index is 13.4. The molecular formula is C12H16F2IN. The number of hydrogen-bond acceptors (Lipinski definition) is 1. The number of rotatable bonds is 2. The minimum Gasteiger partial charge on any atom is -0.402 e. The highest BCUT2D eigenvalue weighted by atomic mass is 127. The molecule has 0 fully saturated rings. The van der Waals surface area contributed by atoms with Crippen molar-refractivity contribution in [1.82, 2.24) is 0 Å². The first kappa shape index (κ1) is 13.7. The monoisotopic (exact) mass is 339 g/mol. The minimum absolute atomic E-state index is 0.0745. The van der Waals surface area contributed by atoms with Gasteiger partial charge in [0.1, 0.15) is 0 Å². The third-order valence-electron chi connectivity index (χ3n) is 2.76. The topological polar surface area (TPSA) is 26.0 Å². The molecule has 1 rings (SSSR count). The van der Waals surface area contributed by atoms with Crippen LogP contribution in [-0.4, -0.2) is 3.93 Å². The van der Waals surface area contributed by atoms with Gasteiger partial charge in [0.2, 0.25) is 0 Å². The summed E-state index contributed by atoms with van der Waals surface area (Å²) in [5.74, 6) is 0.210. The third kappa shape index (κ3) is 3.30. The zero-order chi connectivity index (χ0) is 12.3. The van der Waals surface area contributed by atoms with Crippen LogP contribution in [0.3, 0.4) is 0 Å². The van der Waals surface area contributed by atoms with Gasteiger partial charge in [0, 0.05) is 33.9 Å². The van der Waals surface area contributed by atoms with Gasteiger partial charge >= 0.3 is 3.93 Å². The predicted molar refractivity (Wildman–Crippen MR) is 71.5 cm³/mol. The molecule has 0 heterocycles. The lowest BCUT2D eigenvalue weighted by molar-refractivity contribution is 0.171. The van der Waals surface area contributed by atoms with E-state index in [4.69, 9.17) is 5.73 Å². The van der Waals surface area contributed by atoms with E-state index in [2.05, 4.69) is 0 Å². The molecule has 0 bridgehead atoms. The summed E-state index contributed by atoms with van der Waals surface area (Å²) >= 11 is 1.16. The normalized spacial score (nSPS) is 32.6. The summed E-state index contributed by atoms with van der Waals surface area (Å²) in [6.45, 7) is 3.89. The molecule has 0 aliphatic heterocycles. The van der Waals surface area contributed by atoms with Crippen molar-refractivity contribution >= 4 is 22.6 Å².